The molecular formula is C11H15FN2O5S. The molecule has 0 radical (unpaired) electrons. The summed E-state index contributed by atoms with van der Waals surface area (Å²) in [6.07, 6.45) is -0.870. The molecule has 0 saturated heterocycles. The van der Waals surface area contributed by atoms with Gasteiger partial charge in [0.15, 0.2) is 0 Å². The van der Waals surface area contributed by atoms with Crippen LogP contribution in [0, 0.1) is 5.82 Å². The van der Waals surface area contributed by atoms with Gasteiger partial charge < -0.3 is 15.2 Å². The highest BCUT2D eigenvalue weighted by Gasteiger charge is 2.15. The Kier molecular flexibility index (Phi) is 5.43. The molecule has 9 heteroatoms. The molecule has 0 aliphatic rings. The maximum absolute atomic E-state index is 13.7. The second kappa shape index (κ2) is 6.64. The lowest BCUT2D eigenvalue weighted by Crippen LogP contribution is -2.25. The number of halogens is 1. The van der Waals surface area contributed by atoms with Crippen molar-refractivity contribution in [2.45, 2.75) is 17.4 Å². The maximum atomic E-state index is 13.7. The van der Waals surface area contributed by atoms with Crippen LogP contribution < -0.4 is 10.5 Å². The molecule has 1 aromatic rings. The van der Waals surface area contributed by atoms with E-state index in [-0.39, 0.29) is 23.5 Å². The van der Waals surface area contributed by atoms with Crippen LogP contribution in [0.25, 0.3) is 0 Å². The highest BCUT2D eigenvalue weighted by atomic mass is 32.2. The monoisotopic (exact) mass is 306 g/mol. The molecule has 0 aliphatic carbocycles. The molecule has 0 aliphatic heterocycles. The summed E-state index contributed by atoms with van der Waals surface area (Å²) in [5.41, 5.74) is 0.0323. The van der Waals surface area contributed by atoms with Crippen LogP contribution in [-0.4, -0.2) is 39.3 Å². The molecule has 0 heterocycles. The number of hydrogen-bond acceptors (Lipinski definition) is 5. The third-order valence-corrected chi connectivity index (χ3v) is 3.44. The number of primary sulfonamides is 1. The average molecular weight is 306 g/mol. The molecule has 0 fully saturated rings. The zero-order valence-corrected chi connectivity index (χ0v) is 11.5. The fraction of sp³-hybridized carbons (Fsp3) is 0.364. The first-order valence-electron chi connectivity index (χ1n) is 5.55. The summed E-state index contributed by atoms with van der Waals surface area (Å²) in [5, 5.41) is 16.2. The number of anilines is 1. The van der Waals surface area contributed by atoms with Crippen molar-refractivity contribution >= 4 is 21.7 Å². The van der Waals surface area contributed by atoms with E-state index < -0.39 is 27.9 Å². The van der Waals surface area contributed by atoms with Gasteiger partial charge in [-0.1, -0.05) is 0 Å². The van der Waals surface area contributed by atoms with Crippen LogP contribution in [0.1, 0.15) is 6.42 Å². The van der Waals surface area contributed by atoms with Crippen LogP contribution in [-0.2, 0) is 19.6 Å². The maximum Gasteiger partial charge on any atom is 0.306 e. The minimum absolute atomic E-state index is 0.0323. The zero-order valence-electron chi connectivity index (χ0n) is 10.7. The first kappa shape index (κ1) is 16.3. The number of nitrogens with one attached hydrogen (secondary N) is 1. The van der Waals surface area contributed by atoms with E-state index in [4.69, 9.17) is 15.0 Å². The van der Waals surface area contributed by atoms with Gasteiger partial charge in [0.2, 0.25) is 10.0 Å². The number of rotatable bonds is 7. The van der Waals surface area contributed by atoms with Crippen LogP contribution in [0.15, 0.2) is 23.1 Å². The number of carboxylic acids is 1. The van der Waals surface area contributed by atoms with Gasteiger partial charge in [-0.3, -0.25) is 4.79 Å². The zero-order chi connectivity index (χ0) is 15.3. The number of benzene rings is 1. The van der Waals surface area contributed by atoms with E-state index in [0.717, 1.165) is 12.1 Å². The van der Waals surface area contributed by atoms with Crippen molar-refractivity contribution in [3.8, 4) is 0 Å². The second-order valence-electron chi connectivity index (χ2n) is 4.02. The van der Waals surface area contributed by atoms with E-state index in [1.807, 2.05) is 0 Å². The van der Waals surface area contributed by atoms with E-state index in [1.165, 1.54) is 13.2 Å². The summed E-state index contributed by atoms with van der Waals surface area (Å²) in [7, 11) is -2.62. The minimum Gasteiger partial charge on any atom is -0.481 e. The van der Waals surface area contributed by atoms with Gasteiger partial charge in [-0.2, -0.15) is 0 Å². The van der Waals surface area contributed by atoms with Crippen molar-refractivity contribution in [3.05, 3.63) is 24.0 Å². The van der Waals surface area contributed by atoms with Crippen molar-refractivity contribution in [1.82, 2.24) is 0 Å². The average Bonchev–Trinajstić information content (AvgIpc) is 2.33. The number of methoxy groups -OCH3 is 1. The van der Waals surface area contributed by atoms with Crippen molar-refractivity contribution < 1.29 is 27.4 Å². The van der Waals surface area contributed by atoms with Gasteiger partial charge in [-0.05, 0) is 18.2 Å². The Bertz CT molecular complexity index is 590. The minimum atomic E-state index is -3.96. The van der Waals surface area contributed by atoms with Gasteiger partial charge in [0.25, 0.3) is 0 Å². The molecule has 112 valence electrons. The molecule has 7 nitrogen and oxygen atoms in total. The standard InChI is InChI=1S/C11H15FN2O5S/c1-19-7(4-11(15)16)6-14-10-3-2-8(5-9(10)12)20(13,17)18/h2-3,5,7,14H,4,6H2,1H3,(H,15,16)(H2,13,17,18). The van der Waals surface area contributed by atoms with Crippen LogP contribution in [0.5, 0.6) is 0 Å². The van der Waals surface area contributed by atoms with Gasteiger partial charge in [0.1, 0.15) is 5.82 Å². The van der Waals surface area contributed by atoms with Gasteiger partial charge in [-0.15, -0.1) is 0 Å². The Balaban J connectivity index is 2.76. The number of carboxylic acid groups (broad SMARTS) is 1. The summed E-state index contributed by atoms with van der Waals surface area (Å²) >= 11 is 0. The Morgan fingerprint density at radius 3 is 2.65 bits per heavy atom. The Labute approximate surface area is 115 Å². The first-order valence-corrected chi connectivity index (χ1v) is 7.09. The van der Waals surface area contributed by atoms with E-state index in [1.54, 1.807) is 0 Å². The Morgan fingerprint density at radius 1 is 1.55 bits per heavy atom. The molecular weight excluding hydrogens is 291 g/mol. The lowest BCUT2D eigenvalue weighted by molar-refractivity contribution is -0.139. The molecule has 0 bridgehead atoms. The predicted octanol–water partition coefficient (Wildman–Crippen LogP) is 0.375. The third kappa shape index (κ3) is 4.76. The molecule has 0 amide bonds. The molecule has 4 N–H and O–H groups in total. The van der Waals surface area contributed by atoms with E-state index in [0.29, 0.717) is 0 Å². The van der Waals surface area contributed by atoms with Crippen LogP contribution >= 0.6 is 0 Å². The summed E-state index contributed by atoms with van der Waals surface area (Å²) in [6.45, 7) is 0.0639. The topological polar surface area (TPSA) is 119 Å². The van der Waals surface area contributed by atoms with E-state index in [9.17, 15) is 17.6 Å². The lowest BCUT2D eigenvalue weighted by atomic mass is 10.2. The predicted molar refractivity (Wildman–Crippen MR) is 69.3 cm³/mol. The molecule has 0 saturated carbocycles. The largest absolute Gasteiger partial charge is 0.481 e. The SMILES string of the molecule is COC(CNc1ccc(S(N)(=O)=O)cc1F)CC(=O)O. The van der Waals surface area contributed by atoms with E-state index in [2.05, 4.69) is 5.32 Å². The number of aliphatic carboxylic acids is 1. The molecule has 0 spiro atoms. The molecule has 0 aromatic heterocycles. The molecule has 1 unspecified atom stereocenters. The van der Waals surface area contributed by atoms with Crippen LogP contribution in [0.4, 0.5) is 10.1 Å². The number of ether oxygens (including phenoxy) is 1. The first-order chi connectivity index (χ1) is 9.24. The lowest BCUT2D eigenvalue weighted by Gasteiger charge is -2.15. The number of sulfonamides is 1. The van der Waals surface area contributed by atoms with Crippen LogP contribution in [0.2, 0.25) is 0 Å². The van der Waals surface area contributed by atoms with Crippen molar-refractivity contribution in [3.63, 3.8) is 0 Å². The van der Waals surface area contributed by atoms with Gasteiger partial charge in [0.05, 0.1) is 23.1 Å². The number of nitrogens with two attached hydrogens (primary N) is 1. The molecule has 1 rings (SSSR count). The molecule has 20 heavy (non-hydrogen) atoms. The fourth-order valence-corrected chi connectivity index (χ4v) is 2.00. The Hall–Kier alpha value is -1.71. The highest BCUT2D eigenvalue weighted by molar-refractivity contribution is 7.89. The van der Waals surface area contributed by atoms with E-state index >= 15 is 0 Å². The molecule has 1 atom stereocenters. The second-order valence-corrected chi connectivity index (χ2v) is 5.58. The van der Waals surface area contributed by atoms with Crippen molar-refractivity contribution in [1.29, 1.82) is 0 Å². The van der Waals surface area contributed by atoms with Gasteiger partial charge in [-0.25, -0.2) is 17.9 Å². The normalized spacial score (nSPS) is 12.9. The van der Waals surface area contributed by atoms with Crippen molar-refractivity contribution in [2.24, 2.45) is 5.14 Å². The number of hydrogen-bond donors (Lipinski definition) is 3. The quantitative estimate of drug-likeness (QED) is 0.670. The number of carbonyl (C=O) groups is 1. The van der Waals surface area contributed by atoms with Crippen LogP contribution in [0.3, 0.4) is 0 Å². The summed E-state index contributed by atoms with van der Waals surface area (Å²) < 4.78 is 40.6. The fourth-order valence-electron chi connectivity index (χ4n) is 1.47. The summed E-state index contributed by atoms with van der Waals surface area (Å²) in [4.78, 5) is 10.2. The highest BCUT2D eigenvalue weighted by Crippen LogP contribution is 2.18. The Morgan fingerprint density at radius 2 is 2.20 bits per heavy atom. The van der Waals surface area contributed by atoms with Crippen molar-refractivity contribution in [2.75, 3.05) is 19.0 Å². The van der Waals surface area contributed by atoms with Gasteiger partial charge in [0, 0.05) is 13.7 Å². The molecule has 1 aromatic carbocycles. The van der Waals surface area contributed by atoms with Gasteiger partial charge >= 0.3 is 5.97 Å². The summed E-state index contributed by atoms with van der Waals surface area (Å²) in [5.74, 6) is -1.84. The smallest absolute Gasteiger partial charge is 0.306 e. The summed E-state index contributed by atoms with van der Waals surface area (Å²) in [6, 6.07) is 3.15. The third-order valence-electron chi connectivity index (χ3n) is 2.52.